The molecule has 0 aromatic heterocycles. The third-order valence-electron chi connectivity index (χ3n) is 3.89. The van der Waals surface area contributed by atoms with Crippen molar-refractivity contribution in [1.82, 2.24) is 0 Å². The Hall–Kier alpha value is -1.63. The van der Waals surface area contributed by atoms with Crippen molar-refractivity contribution >= 4 is 5.57 Å². The molecule has 1 aromatic rings. The summed E-state index contributed by atoms with van der Waals surface area (Å²) in [6.07, 6.45) is 9.05. The summed E-state index contributed by atoms with van der Waals surface area (Å²) in [7, 11) is 0. The van der Waals surface area contributed by atoms with Gasteiger partial charge in [-0.1, -0.05) is 35.9 Å². The number of fused-ring (bicyclic) bond motifs is 4. The number of para-hydroxylation sites is 1. The largest absolute Gasteiger partial charge is 0.253 e. The molecule has 0 spiro atoms. The molecule has 0 saturated heterocycles. The number of nitrogens with zero attached hydrogens (tertiary/aromatic N) is 1. The van der Waals surface area contributed by atoms with E-state index in [0.29, 0.717) is 5.92 Å². The molecule has 1 heterocycles. The molecule has 78 valence electrons. The van der Waals surface area contributed by atoms with Gasteiger partial charge in [0, 0.05) is 11.6 Å². The van der Waals surface area contributed by atoms with Crippen molar-refractivity contribution in [2.75, 3.05) is 0 Å². The molecule has 2 atom stereocenters. The molecule has 1 heteroatoms. The summed E-state index contributed by atoms with van der Waals surface area (Å²) in [5.41, 5.74) is 2.91. The predicted octanol–water partition coefficient (Wildman–Crippen LogP) is 1.95. The summed E-state index contributed by atoms with van der Waals surface area (Å²) in [5, 5.41) is 2.56. The average molecular weight is 207 g/mol. The summed E-state index contributed by atoms with van der Waals surface area (Å²) >= 11 is 0. The molecule has 0 bridgehead atoms. The molecule has 0 radical (unpaired) electrons. The SMILES string of the molecule is C1=CCC2C(=C1)N=c1ccccc1=C1CC12. The van der Waals surface area contributed by atoms with Crippen LogP contribution in [0.5, 0.6) is 0 Å². The van der Waals surface area contributed by atoms with Crippen LogP contribution in [0.1, 0.15) is 12.8 Å². The first-order valence-corrected chi connectivity index (χ1v) is 5.97. The van der Waals surface area contributed by atoms with E-state index in [1.807, 2.05) is 0 Å². The Morgan fingerprint density at radius 2 is 2.06 bits per heavy atom. The normalized spacial score (nSPS) is 29.2. The van der Waals surface area contributed by atoms with E-state index < -0.39 is 0 Å². The van der Waals surface area contributed by atoms with Gasteiger partial charge in [0.25, 0.3) is 0 Å². The summed E-state index contributed by atoms with van der Waals surface area (Å²) in [4.78, 5) is 4.83. The first-order chi connectivity index (χ1) is 7.93. The van der Waals surface area contributed by atoms with E-state index in [4.69, 9.17) is 4.99 Å². The molecule has 1 nitrogen and oxygen atoms in total. The van der Waals surface area contributed by atoms with Gasteiger partial charge in [-0.05, 0) is 36.1 Å². The van der Waals surface area contributed by atoms with Gasteiger partial charge in [0.1, 0.15) is 0 Å². The van der Waals surface area contributed by atoms with Crippen LogP contribution in [0.3, 0.4) is 0 Å². The van der Waals surface area contributed by atoms with Gasteiger partial charge >= 0.3 is 0 Å². The zero-order valence-electron chi connectivity index (χ0n) is 9.06. The van der Waals surface area contributed by atoms with Crippen LogP contribution in [0, 0.1) is 11.8 Å². The van der Waals surface area contributed by atoms with Crippen LogP contribution < -0.4 is 10.6 Å². The maximum Gasteiger partial charge on any atom is 0.0705 e. The molecule has 1 saturated carbocycles. The highest BCUT2D eigenvalue weighted by Gasteiger charge is 2.40. The second-order valence-electron chi connectivity index (χ2n) is 4.83. The highest BCUT2D eigenvalue weighted by molar-refractivity contribution is 5.64. The molecule has 0 amide bonds. The molecule has 2 aliphatic carbocycles. The maximum absolute atomic E-state index is 4.83. The first kappa shape index (κ1) is 8.51. The number of allylic oxidation sites excluding steroid dienone is 4. The number of hydrogen-bond donors (Lipinski definition) is 0. The van der Waals surface area contributed by atoms with Crippen LogP contribution in [-0.4, -0.2) is 0 Å². The summed E-state index contributed by atoms with van der Waals surface area (Å²) in [6, 6.07) is 8.57. The van der Waals surface area contributed by atoms with Crippen molar-refractivity contribution in [3.8, 4) is 0 Å². The Morgan fingerprint density at radius 3 is 3.06 bits per heavy atom. The van der Waals surface area contributed by atoms with E-state index >= 15 is 0 Å². The lowest BCUT2D eigenvalue weighted by Crippen LogP contribution is -2.24. The van der Waals surface area contributed by atoms with E-state index in [1.54, 1.807) is 5.57 Å². The van der Waals surface area contributed by atoms with Gasteiger partial charge in [0.2, 0.25) is 0 Å². The molecular formula is C15H13N. The lowest BCUT2D eigenvalue weighted by molar-refractivity contribution is 0.555. The van der Waals surface area contributed by atoms with E-state index in [2.05, 4.69) is 42.5 Å². The van der Waals surface area contributed by atoms with E-state index in [9.17, 15) is 0 Å². The van der Waals surface area contributed by atoms with E-state index in [-0.39, 0.29) is 0 Å². The van der Waals surface area contributed by atoms with Gasteiger partial charge in [-0.25, -0.2) is 0 Å². The Morgan fingerprint density at radius 1 is 1.12 bits per heavy atom. The van der Waals surface area contributed by atoms with Crippen LogP contribution in [-0.2, 0) is 0 Å². The smallest absolute Gasteiger partial charge is 0.0705 e. The van der Waals surface area contributed by atoms with Gasteiger partial charge in [0.15, 0.2) is 0 Å². The summed E-state index contributed by atoms with van der Waals surface area (Å²) < 4.78 is 0. The monoisotopic (exact) mass is 207 g/mol. The number of hydrogen-bond acceptors (Lipinski definition) is 1. The first-order valence-electron chi connectivity index (χ1n) is 5.97. The lowest BCUT2D eigenvalue weighted by Gasteiger charge is -2.16. The highest BCUT2D eigenvalue weighted by atomic mass is 14.8. The topological polar surface area (TPSA) is 12.4 Å². The number of benzene rings is 1. The minimum atomic E-state index is 0.646. The Balaban J connectivity index is 2.07. The zero-order chi connectivity index (χ0) is 10.5. The van der Waals surface area contributed by atoms with Crippen molar-refractivity contribution in [3.05, 3.63) is 58.8 Å². The fourth-order valence-corrected chi connectivity index (χ4v) is 2.98. The van der Waals surface area contributed by atoms with E-state index in [1.165, 1.54) is 22.7 Å². The van der Waals surface area contributed by atoms with Gasteiger partial charge in [0.05, 0.1) is 5.36 Å². The minimum absolute atomic E-state index is 0.646. The molecule has 1 aromatic carbocycles. The average Bonchev–Trinajstić information content (AvgIpc) is 3.09. The Kier molecular flexibility index (Phi) is 1.57. The third-order valence-corrected chi connectivity index (χ3v) is 3.89. The fourth-order valence-electron chi connectivity index (χ4n) is 2.98. The maximum atomic E-state index is 4.83. The molecular weight excluding hydrogens is 194 g/mol. The Bertz CT molecular complexity index is 634. The zero-order valence-corrected chi connectivity index (χ0v) is 9.06. The van der Waals surface area contributed by atoms with Gasteiger partial charge in [-0.2, -0.15) is 0 Å². The lowest BCUT2D eigenvalue weighted by atomic mass is 9.92. The van der Waals surface area contributed by atoms with Crippen molar-refractivity contribution < 1.29 is 0 Å². The van der Waals surface area contributed by atoms with Crippen LogP contribution in [0.2, 0.25) is 0 Å². The van der Waals surface area contributed by atoms with Gasteiger partial charge in [-0.3, -0.25) is 4.99 Å². The molecule has 16 heavy (non-hydrogen) atoms. The molecule has 2 unspecified atom stereocenters. The van der Waals surface area contributed by atoms with Crippen LogP contribution in [0.4, 0.5) is 0 Å². The fraction of sp³-hybridized carbons (Fsp3) is 0.267. The van der Waals surface area contributed by atoms with E-state index in [0.717, 1.165) is 12.3 Å². The van der Waals surface area contributed by atoms with Crippen molar-refractivity contribution in [3.63, 3.8) is 0 Å². The second kappa shape index (κ2) is 2.94. The highest BCUT2D eigenvalue weighted by Crippen LogP contribution is 2.49. The minimum Gasteiger partial charge on any atom is -0.253 e. The second-order valence-corrected chi connectivity index (χ2v) is 4.83. The van der Waals surface area contributed by atoms with Crippen LogP contribution in [0.15, 0.2) is 53.2 Å². The van der Waals surface area contributed by atoms with Crippen LogP contribution >= 0.6 is 0 Å². The molecule has 4 rings (SSSR count). The van der Waals surface area contributed by atoms with Crippen molar-refractivity contribution in [2.24, 2.45) is 16.8 Å². The van der Waals surface area contributed by atoms with Crippen LogP contribution in [0.25, 0.3) is 5.57 Å². The number of rotatable bonds is 0. The third kappa shape index (κ3) is 1.09. The molecule has 1 aliphatic heterocycles. The predicted molar refractivity (Wildman–Crippen MR) is 64.1 cm³/mol. The Labute approximate surface area is 94.5 Å². The molecule has 3 aliphatic rings. The molecule has 0 N–H and O–H groups in total. The van der Waals surface area contributed by atoms with Crippen molar-refractivity contribution in [2.45, 2.75) is 12.8 Å². The quantitative estimate of drug-likeness (QED) is 0.616. The standard InChI is InChI=1S/C15H13N/c1-3-7-14-10(5-1)12-9-13(12)11-6-2-4-8-15(11)16-14/h1-5,7-8,11,13H,6,9H2. The molecule has 1 fully saturated rings. The summed E-state index contributed by atoms with van der Waals surface area (Å²) in [5.74, 6) is 1.41. The van der Waals surface area contributed by atoms with Gasteiger partial charge < -0.3 is 0 Å². The summed E-state index contributed by atoms with van der Waals surface area (Å²) in [6.45, 7) is 0. The van der Waals surface area contributed by atoms with Crippen molar-refractivity contribution in [1.29, 1.82) is 0 Å². The van der Waals surface area contributed by atoms with Gasteiger partial charge in [-0.15, -0.1) is 0 Å².